The van der Waals surface area contributed by atoms with Crippen LogP contribution in [0.1, 0.15) is 43.9 Å². The Morgan fingerprint density at radius 1 is 1.28 bits per heavy atom. The summed E-state index contributed by atoms with van der Waals surface area (Å²) >= 11 is 0. The van der Waals surface area contributed by atoms with Crippen molar-refractivity contribution in [1.82, 2.24) is 10.3 Å². The number of hydrogen-bond donors (Lipinski definition) is 1. The van der Waals surface area contributed by atoms with Crippen LogP contribution in [0.2, 0.25) is 0 Å². The van der Waals surface area contributed by atoms with Gasteiger partial charge in [-0.25, -0.2) is 0 Å². The number of anilines is 1. The van der Waals surface area contributed by atoms with Gasteiger partial charge in [0.2, 0.25) is 0 Å². The first kappa shape index (κ1) is 13.3. The van der Waals surface area contributed by atoms with E-state index in [1.807, 2.05) is 6.20 Å². The number of aryl methyl sites for hydroxylation is 1. The summed E-state index contributed by atoms with van der Waals surface area (Å²) in [7, 11) is 0. The molecule has 3 heteroatoms. The number of rotatable bonds is 5. The molecule has 1 saturated heterocycles. The number of nitrogens with zero attached hydrogens (tertiary/aromatic N) is 2. The molecule has 0 spiro atoms. The van der Waals surface area contributed by atoms with Crippen molar-refractivity contribution in [1.29, 1.82) is 0 Å². The molecular formula is C15H25N3. The number of nitrogens with one attached hydrogen (secondary N) is 1. The minimum Gasteiger partial charge on any atom is -0.371 e. The minimum absolute atomic E-state index is 0.937. The average Bonchev–Trinajstić information content (AvgIpc) is 2.41. The van der Waals surface area contributed by atoms with Crippen LogP contribution in [-0.4, -0.2) is 24.6 Å². The fraction of sp³-hybridized carbons (Fsp3) is 0.667. The van der Waals surface area contributed by atoms with Crippen LogP contribution in [0.15, 0.2) is 12.3 Å². The fourth-order valence-electron chi connectivity index (χ4n) is 2.54. The van der Waals surface area contributed by atoms with Crippen molar-refractivity contribution in [2.45, 2.75) is 46.1 Å². The molecule has 0 aliphatic carbocycles. The number of piperidine rings is 1. The van der Waals surface area contributed by atoms with E-state index in [0.29, 0.717) is 0 Å². The normalized spacial score (nSPS) is 16.0. The van der Waals surface area contributed by atoms with Gasteiger partial charge in [-0.15, -0.1) is 0 Å². The first-order valence-corrected chi connectivity index (χ1v) is 7.22. The Balaban J connectivity index is 2.11. The molecule has 0 saturated carbocycles. The van der Waals surface area contributed by atoms with Crippen molar-refractivity contribution in [3.8, 4) is 0 Å². The van der Waals surface area contributed by atoms with Gasteiger partial charge in [-0.05, 0) is 45.2 Å². The highest BCUT2D eigenvalue weighted by molar-refractivity contribution is 5.53. The van der Waals surface area contributed by atoms with Gasteiger partial charge < -0.3 is 10.2 Å². The maximum absolute atomic E-state index is 4.45. The van der Waals surface area contributed by atoms with Crippen molar-refractivity contribution < 1.29 is 0 Å². The zero-order valence-electron chi connectivity index (χ0n) is 11.7. The van der Waals surface area contributed by atoms with Gasteiger partial charge >= 0.3 is 0 Å². The Morgan fingerprint density at radius 2 is 2.06 bits per heavy atom. The predicted octanol–water partition coefficient (Wildman–Crippen LogP) is 2.88. The molecule has 0 amide bonds. The summed E-state index contributed by atoms with van der Waals surface area (Å²) in [5.74, 6) is 0. The summed E-state index contributed by atoms with van der Waals surface area (Å²) in [6.07, 6.45) is 7.25. The van der Waals surface area contributed by atoms with Crippen molar-refractivity contribution >= 4 is 5.69 Å². The molecule has 18 heavy (non-hydrogen) atoms. The summed E-state index contributed by atoms with van der Waals surface area (Å²) in [5.41, 5.74) is 3.86. The van der Waals surface area contributed by atoms with Gasteiger partial charge in [0.05, 0.1) is 0 Å². The van der Waals surface area contributed by atoms with Crippen LogP contribution in [0.25, 0.3) is 0 Å². The highest BCUT2D eigenvalue weighted by Crippen LogP contribution is 2.24. The van der Waals surface area contributed by atoms with Crippen LogP contribution < -0.4 is 10.2 Å². The molecule has 0 aromatic carbocycles. The molecule has 0 radical (unpaired) electrons. The van der Waals surface area contributed by atoms with Crippen molar-refractivity contribution in [2.75, 3.05) is 24.5 Å². The first-order chi connectivity index (χ1) is 8.81. The lowest BCUT2D eigenvalue weighted by Crippen LogP contribution is -2.31. The predicted molar refractivity (Wildman–Crippen MR) is 77.0 cm³/mol. The molecule has 2 rings (SSSR count). The van der Waals surface area contributed by atoms with Crippen LogP contribution in [-0.2, 0) is 6.54 Å². The molecule has 1 aromatic rings. The molecule has 1 aliphatic rings. The lowest BCUT2D eigenvalue weighted by Gasteiger charge is -2.30. The molecule has 0 bridgehead atoms. The topological polar surface area (TPSA) is 28.2 Å². The SMILES string of the molecule is CCCNCc1cnc(C)cc1N1CCCCC1. The highest BCUT2D eigenvalue weighted by Gasteiger charge is 2.14. The van der Waals surface area contributed by atoms with Crippen molar-refractivity contribution in [3.05, 3.63) is 23.5 Å². The van der Waals surface area contributed by atoms with Gasteiger partial charge in [0.15, 0.2) is 0 Å². The monoisotopic (exact) mass is 247 g/mol. The van der Waals surface area contributed by atoms with Gasteiger partial charge in [0.25, 0.3) is 0 Å². The summed E-state index contributed by atoms with van der Waals surface area (Å²) in [5, 5.41) is 3.48. The molecule has 1 aliphatic heterocycles. The van der Waals surface area contributed by atoms with Gasteiger partial charge in [-0.2, -0.15) is 0 Å². The molecule has 0 atom stereocenters. The van der Waals surface area contributed by atoms with Crippen molar-refractivity contribution in [3.63, 3.8) is 0 Å². The first-order valence-electron chi connectivity index (χ1n) is 7.22. The second-order valence-electron chi connectivity index (χ2n) is 5.18. The second-order valence-corrected chi connectivity index (χ2v) is 5.18. The lowest BCUT2D eigenvalue weighted by molar-refractivity contribution is 0.573. The van der Waals surface area contributed by atoms with Gasteiger partial charge in [0, 0.05) is 42.8 Å². The second kappa shape index (κ2) is 6.74. The molecule has 1 fully saturated rings. The Bertz CT molecular complexity index is 370. The van der Waals surface area contributed by atoms with E-state index < -0.39 is 0 Å². The van der Waals surface area contributed by atoms with E-state index >= 15 is 0 Å². The Labute approximate surface area is 111 Å². The smallest absolute Gasteiger partial charge is 0.0445 e. The zero-order valence-corrected chi connectivity index (χ0v) is 11.7. The van der Waals surface area contributed by atoms with Crippen LogP contribution >= 0.6 is 0 Å². The lowest BCUT2D eigenvalue weighted by atomic mass is 10.1. The number of hydrogen-bond acceptors (Lipinski definition) is 3. The van der Waals surface area contributed by atoms with Crippen LogP contribution in [0.4, 0.5) is 5.69 Å². The van der Waals surface area contributed by atoms with E-state index in [2.05, 4.69) is 35.1 Å². The standard InChI is InChI=1S/C15H25N3/c1-3-7-16-11-14-12-17-13(2)10-15(14)18-8-5-4-6-9-18/h10,12,16H,3-9,11H2,1-2H3. The highest BCUT2D eigenvalue weighted by atomic mass is 15.1. The number of aromatic nitrogens is 1. The van der Waals surface area contributed by atoms with Crippen LogP contribution in [0.5, 0.6) is 0 Å². The van der Waals surface area contributed by atoms with E-state index in [4.69, 9.17) is 0 Å². The average molecular weight is 247 g/mol. The third-order valence-corrected chi connectivity index (χ3v) is 3.54. The van der Waals surface area contributed by atoms with Gasteiger partial charge in [-0.3, -0.25) is 4.98 Å². The Kier molecular flexibility index (Phi) is 5.00. The molecular weight excluding hydrogens is 222 g/mol. The zero-order chi connectivity index (χ0) is 12.8. The summed E-state index contributed by atoms with van der Waals surface area (Å²) < 4.78 is 0. The Hall–Kier alpha value is -1.09. The van der Waals surface area contributed by atoms with Crippen molar-refractivity contribution in [2.24, 2.45) is 0 Å². The fourth-order valence-corrected chi connectivity index (χ4v) is 2.54. The summed E-state index contributed by atoms with van der Waals surface area (Å²) in [6, 6.07) is 2.24. The molecule has 3 nitrogen and oxygen atoms in total. The van der Waals surface area contributed by atoms with Gasteiger partial charge in [0.1, 0.15) is 0 Å². The third-order valence-electron chi connectivity index (χ3n) is 3.54. The van der Waals surface area contributed by atoms with Gasteiger partial charge in [-0.1, -0.05) is 6.92 Å². The van der Waals surface area contributed by atoms with E-state index in [0.717, 1.165) is 18.8 Å². The Morgan fingerprint density at radius 3 is 2.78 bits per heavy atom. The quantitative estimate of drug-likeness (QED) is 0.811. The van der Waals surface area contributed by atoms with E-state index in [-0.39, 0.29) is 0 Å². The maximum Gasteiger partial charge on any atom is 0.0445 e. The van der Waals surface area contributed by atoms with Crippen LogP contribution in [0.3, 0.4) is 0 Å². The van der Waals surface area contributed by atoms with E-state index in [1.165, 1.54) is 50.0 Å². The van der Waals surface area contributed by atoms with E-state index in [9.17, 15) is 0 Å². The minimum atomic E-state index is 0.937. The summed E-state index contributed by atoms with van der Waals surface area (Å²) in [4.78, 5) is 6.98. The third kappa shape index (κ3) is 3.45. The van der Waals surface area contributed by atoms with E-state index in [1.54, 1.807) is 0 Å². The maximum atomic E-state index is 4.45. The number of pyridine rings is 1. The molecule has 0 unspecified atom stereocenters. The molecule has 1 aromatic heterocycles. The largest absolute Gasteiger partial charge is 0.371 e. The summed E-state index contributed by atoms with van der Waals surface area (Å²) in [6.45, 7) is 8.69. The molecule has 1 N–H and O–H groups in total. The van der Waals surface area contributed by atoms with Crippen LogP contribution in [0, 0.1) is 6.92 Å². The molecule has 100 valence electrons. The molecule has 2 heterocycles.